The van der Waals surface area contributed by atoms with Crippen molar-refractivity contribution in [2.45, 2.75) is 18.3 Å². The summed E-state index contributed by atoms with van der Waals surface area (Å²) in [5, 5.41) is -0.182. The molecule has 1 aromatic heterocycles. The zero-order valence-electron chi connectivity index (χ0n) is 21.3. The van der Waals surface area contributed by atoms with E-state index in [0.29, 0.717) is 0 Å². The van der Waals surface area contributed by atoms with Crippen LogP contribution < -0.4 is 4.57 Å². The van der Waals surface area contributed by atoms with Gasteiger partial charge >= 0.3 is 7.25 Å². The van der Waals surface area contributed by atoms with Crippen LogP contribution >= 0.6 is 11.6 Å². The Hall–Kier alpha value is -3.90. The van der Waals surface area contributed by atoms with Gasteiger partial charge in [0.25, 0.3) is 0 Å². The average Bonchev–Trinajstić information content (AvgIpc) is 2.97. The molecule has 7 heteroatoms. The molecule has 0 saturated heterocycles. The second-order valence-electron chi connectivity index (χ2n) is 9.03. The molecule has 2 atom stereocenters. The van der Waals surface area contributed by atoms with Crippen molar-refractivity contribution in [3.8, 4) is 33.6 Å². The van der Waals surface area contributed by atoms with E-state index in [1.165, 1.54) is 22.3 Å². The maximum atomic E-state index is 9.75. The van der Waals surface area contributed by atoms with Gasteiger partial charge in [0.2, 0.25) is 11.4 Å². The predicted octanol–water partition coefficient (Wildman–Crippen LogP) is 9.82. The molecule has 0 aliphatic rings. The van der Waals surface area contributed by atoms with Crippen LogP contribution in [0.25, 0.3) is 33.6 Å². The summed E-state index contributed by atoms with van der Waals surface area (Å²) in [5.74, 6) is 0. The number of aromatic nitrogens is 1. The topological polar surface area (TPSA) is 3.88 Å². The predicted molar refractivity (Wildman–Crippen MR) is 153 cm³/mol. The Labute approximate surface area is 231 Å². The van der Waals surface area contributed by atoms with Gasteiger partial charge in [-0.15, -0.1) is 11.6 Å². The zero-order valence-corrected chi connectivity index (χ0v) is 22.0. The third kappa shape index (κ3) is 7.58. The van der Waals surface area contributed by atoms with Gasteiger partial charge in [-0.3, -0.25) is 0 Å². The Morgan fingerprint density at radius 3 is 1.26 bits per heavy atom. The van der Waals surface area contributed by atoms with Crippen LogP contribution in [0.1, 0.15) is 23.9 Å². The van der Waals surface area contributed by atoms with Crippen molar-refractivity contribution in [2.75, 3.05) is 0 Å². The van der Waals surface area contributed by atoms with E-state index in [9.17, 15) is 17.3 Å². The molecule has 0 spiro atoms. The minimum Gasteiger partial charge on any atom is -0.418 e. The Balaban J connectivity index is 0.000000648. The van der Waals surface area contributed by atoms with Crippen LogP contribution in [-0.2, 0) is 0 Å². The Bertz CT molecular complexity index is 1400. The molecule has 0 saturated carbocycles. The molecule has 0 N–H and O–H groups in total. The van der Waals surface area contributed by atoms with Gasteiger partial charge in [-0.1, -0.05) is 97.1 Å². The van der Waals surface area contributed by atoms with Crippen molar-refractivity contribution >= 4 is 18.9 Å². The fourth-order valence-corrected chi connectivity index (χ4v) is 4.81. The second-order valence-corrected chi connectivity index (χ2v) is 9.50. The molecule has 39 heavy (non-hydrogen) atoms. The summed E-state index contributed by atoms with van der Waals surface area (Å²) in [6.07, 6.45) is 0. The van der Waals surface area contributed by atoms with Gasteiger partial charge in [0, 0.05) is 23.3 Å². The molecule has 2 unspecified atom stereocenters. The first kappa shape index (κ1) is 28.1. The minimum absolute atomic E-state index is 0.0132. The van der Waals surface area contributed by atoms with Crippen LogP contribution in [0.5, 0.6) is 0 Å². The van der Waals surface area contributed by atoms with Crippen molar-refractivity contribution in [2.24, 2.45) is 0 Å². The first-order chi connectivity index (χ1) is 18.7. The number of benzene rings is 4. The van der Waals surface area contributed by atoms with Crippen molar-refractivity contribution in [3.05, 3.63) is 139 Å². The maximum Gasteiger partial charge on any atom is 0.673 e. The van der Waals surface area contributed by atoms with E-state index in [1.54, 1.807) is 0 Å². The van der Waals surface area contributed by atoms with Crippen LogP contribution in [0.2, 0.25) is 0 Å². The Kier molecular flexibility index (Phi) is 9.21. The Morgan fingerprint density at radius 1 is 0.538 bits per heavy atom. The van der Waals surface area contributed by atoms with Gasteiger partial charge in [-0.25, -0.2) is 0 Å². The summed E-state index contributed by atoms with van der Waals surface area (Å²) in [6.45, 7) is 2.21. The number of hydrogen-bond donors (Lipinski definition) is 0. The highest BCUT2D eigenvalue weighted by atomic mass is 35.5. The smallest absolute Gasteiger partial charge is 0.418 e. The first-order valence-corrected chi connectivity index (χ1v) is 13.0. The SMILES string of the molecule is CC(C(Cl)c1ccccc1)[n+]1c(-c2ccccc2)cc(-c2ccccc2)cc1-c1ccccc1.F[B-](F)(F)F. The van der Waals surface area contributed by atoms with E-state index in [4.69, 9.17) is 11.6 Å². The van der Waals surface area contributed by atoms with Crippen LogP contribution in [0.15, 0.2) is 133 Å². The molecule has 5 rings (SSSR count). The normalized spacial score (nSPS) is 12.7. The minimum atomic E-state index is -6.00. The molecule has 0 bridgehead atoms. The highest BCUT2D eigenvalue weighted by Crippen LogP contribution is 2.35. The number of hydrogen-bond acceptors (Lipinski definition) is 0. The van der Waals surface area contributed by atoms with Crippen LogP contribution in [-0.4, -0.2) is 7.25 Å². The largest absolute Gasteiger partial charge is 0.673 e. The molecule has 0 aliphatic heterocycles. The quantitative estimate of drug-likeness (QED) is 0.0862. The number of alkyl halides is 1. The summed E-state index contributed by atoms with van der Waals surface area (Å²) >= 11 is 7.15. The van der Waals surface area contributed by atoms with Crippen molar-refractivity contribution < 1.29 is 21.8 Å². The summed E-state index contributed by atoms with van der Waals surface area (Å²) in [6, 6.07) is 46.7. The van der Waals surface area contributed by atoms with E-state index in [0.717, 1.165) is 17.0 Å². The van der Waals surface area contributed by atoms with E-state index < -0.39 is 7.25 Å². The maximum absolute atomic E-state index is 9.75. The lowest BCUT2D eigenvalue weighted by molar-refractivity contribution is -0.699. The van der Waals surface area contributed by atoms with E-state index in [2.05, 4.69) is 139 Å². The molecule has 0 amide bonds. The van der Waals surface area contributed by atoms with Gasteiger partial charge < -0.3 is 17.3 Å². The first-order valence-electron chi connectivity index (χ1n) is 12.5. The van der Waals surface area contributed by atoms with Crippen LogP contribution in [0, 0.1) is 0 Å². The zero-order chi connectivity index (χ0) is 27.8. The van der Waals surface area contributed by atoms with Gasteiger partial charge in [0.1, 0.15) is 5.38 Å². The lowest BCUT2D eigenvalue weighted by Gasteiger charge is -2.21. The average molecular weight is 548 g/mol. The summed E-state index contributed by atoms with van der Waals surface area (Å²) in [4.78, 5) is 0. The van der Waals surface area contributed by atoms with Gasteiger partial charge in [-0.2, -0.15) is 4.57 Å². The molecule has 198 valence electrons. The highest BCUT2D eigenvalue weighted by molar-refractivity contribution is 6.50. The standard InChI is InChI=1S/C32H27ClN.BF4/c1-24(32(33)28-20-12-5-13-21-28)34-30(26-16-8-3-9-17-26)22-29(25-14-6-2-7-15-25)23-31(34)27-18-10-4-11-19-27;2-1(3,4)5/h2-24,32H,1H3;/q+1;-1. The van der Waals surface area contributed by atoms with Crippen LogP contribution in [0.4, 0.5) is 17.3 Å². The van der Waals surface area contributed by atoms with E-state index >= 15 is 0 Å². The third-order valence-corrected chi connectivity index (χ3v) is 6.92. The molecule has 0 radical (unpaired) electrons. The summed E-state index contributed by atoms with van der Waals surface area (Å²) in [7, 11) is -6.00. The van der Waals surface area contributed by atoms with Crippen molar-refractivity contribution in [1.82, 2.24) is 0 Å². The molecular weight excluding hydrogens is 521 g/mol. The van der Waals surface area contributed by atoms with Gasteiger partial charge in [-0.05, 0) is 47.9 Å². The van der Waals surface area contributed by atoms with Gasteiger partial charge in [0.05, 0.1) is 0 Å². The van der Waals surface area contributed by atoms with E-state index in [-0.39, 0.29) is 11.4 Å². The van der Waals surface area contributed by atoms with E-state index in [1.807, 2.05) is 6.07 Å². The summed E-state index contributed by atoms with van der Waals surface area (Å²) in [5.41, 5.74) is 8.14. The molecule has 5 aromatic rings. The fourth-order valence-electron chi connectivity index (χ4n) is 4.55. The molecule has 1 nitrogen and oxygen atoms in total. The van der Waals surface area contributed by atoms with Gasteiger partial charge in [0.15, 0.2) is 6.04 Å². The number of nitrogens with zero attached hydrogens (tertiary/aromatic N) is 1. The molecule has 0 aliphatic carbocycles. The molecule has 0 fully saturated rings. The number of pyridine rings is 1. The third-order valence-electron chi connectivity index (χ3n) is 6.30. The molecular formula is C32H27BClF4N. The van der Waals surface area contributed by atoms with Crippen molar-refractivity contribution in [3.63, 3.8) is 0 Å². The number of halogens is 5. The van der Waals surface area contributed by atoms with Crippen LogP contribution in [0.3, 0.4) is 0 Å². The second kappa shape index (κ2) is 12.8. The lowest BCUT2D eigenvalue weighted by atomic mass is 9.97. The Morgan fingerprint density at radius 2 is 0.872 bits per heavy atom. The summed E-state index contributed by atoms with van der Waals surface area (Å²) < 4.78 is 41.4. The monoisotopic (exact) mass is 547 g/mol. The molecule has 4 aromatic carbocycles. The highest BCUT2D eigenvalue weighted by Gasteiger charge is 2.32. The number of rotatable bonds is 6. The molecule has 1 heterocycles. The lowest BCUT2D eigenvalue weighted by Crippen LogP contribution is -2.44. The fraction of sp³-hybridized carbons (Fsp3) is 0.0938. The van der Waals surface area contributed by atoms with Crippen molar-refractivity contribution in [1.29, 1.82) is 0 Å².